The fraction of sp³-hybridized carbons (Fsp3) is 0.240. The van der Waals surface area contributed by atoms with Crippen LogP contribution < -0.4 is 10.6 Å². The minimum Gasteiger partial charge on any atom is -0.343 e. The van der Waals surface area contributed by atoms with Crippen LogP contribution in [0.1, 0.15) is 48.7 Å². The number of benzene rings is 2. The maximum atomic E-state index is 13.3. The quantitative estimate of drug-likeness (QED) is 0.474. The number of halogens is 2. The summed E-state index contributed by atoms with van der Waals surface area (Å²) >= 11 is 12.5. The van der Waals surface area contributed by atoms with E-state index >= 15 is 0 Å². The molecule has 2 aliphatic rings. The molecule has 0 fully saturated rings. The number of carbonyl (C=O) groups is 2. The number of allylic oxidation sites excluding steroid dienone is 2. The molecule has 0 radical (unpaired) electrons. The number of ketones is 1. The normalized spacial score (nSPS) is 18.9. The predicted octanol–water partition coefficient (Wildman–Crippen LogP) is 6.10. The smallest absolute Gasteiger partial charge is 0.261 e. The summed E-state index contributed by atoms with van der Waals surface area (Å²) < 4.78 is 1.69. The number of carbonyl (C=O) groups excluding carboxylic acids is 2. The van der Waals surface area contributed by atoms with Crippen LogP contribution >= 0.6 is 23.2 Å². The molecule has 5 rings (SSSR count). The van der Waals surface area contributed by atoms with Crippen molar-refractivity contribution >= 4 is 46.4 Å². The van der Waals surface area contributed by atoms with Gasteiger partial charge < -0.3 is 10.6 Å². The van der Waals surface area contributed by atoms with E-state index in [2.05, 4.69) is 29.6 Å². The van der Waals surface area contributed by atoms with Crippen molar-refractivity contribution in [3.63, 3.8) is 0 Å². The molecule has 1 amide bonds. The number of rotatable bonds is 3. The van der Waals surface area contributed by atoms with Gasteiger partial charge in [0, 0.05) is 33.4 Å². The van der Waals surface area contributed by atoms with Gasteiger partial charge in [-0.05, 0) is 47.7 Å². The summed E-state index contributed by atoms with van der Waals surface area (Å²) in [5.74, 6) is 0.289. The molecule has 1 aromatic heterocycles. The van der Waals surface area contributed by atoms with Gasteiger partial charge in [0.05, 0.1) is 6.20 Å². The molecule has 8 heteroatoms. The lowest BCUT2D eigenvalue weighted by molar-refractivity contribution is -0.118. The molecule has 33 heavy (non-hydrogen) atoms. The molecule has 0 saturated carbocycles. The van der Waals surface area contributed by atoms with Gasteiger partial charge in [-0.2, -0.15) is 5.10 Å². The van der Waals surface area contributed by atoms with E-state index in [-0.39, 0.29) is 17.1 Å². The third-order valence-corrected chi connectivity index (χ3v) is 6.65. The Morgan fingerprint density at radius 2 is 1.85 bits per heavy atom. The number of hydrogen-bond acceptors (Lipinski definition) is 4. The van der Waals surface area contributed by atoms with Gasteiger partial charge in [0.25, 0.3) is 5.91 Å². The number of nitrogens with one attached hydrogen (secondary N) is 2. The molecule has 1 atom stereocenters. The Morgan fingerprint density at radius 3 is 2.58 bits per heavy atom. The fourth-order valence-electron chi connectivity index (χ4n) is 4.59. The molecule has 1 aliphatic carbocycles. The highest BCUT2D eigenvalue weighted by Gasteiger charge is 2.42. The Hall–Kier alpha value is -3.09. The molecule has 3 aromatic rings. The van der Waals surface area contributed by atoms with E-state index in [0.717, 1.165) is 11.3 Å². The van der Waals surface area contributed by atoms with Crippen LogP contribution in [-0.4, -0.2) is 21.5 Å². The van der Waals surface area contributed by atoms with Gasteiger partial charge in [0.1, 0.15) is 17.4 Å². The van der Waals surface area contributed by atoms with Gasteiger partial charge in [-0.15, -0.1) is 0 Å². The van der Waals surface area contributed by atoms with Crippen LogP contribution in [0.3, 0.4) is 0 Å². The first-order valence-corrected chi connectivity index (χ1v) is 11.4. The van der Waals surface area contributed by atoms with E-state index in [1.165, 1.54) is 6.20 Å². The second kappa shape index (κ2) is 8.04. The number of hydrogen-bond donors (Lipinski definition) is 2. The van der Waals surface area contributed by atoms with E-state index in [1.54, 1.807) is 35.0 Å². The maximum Gasteiger partial charge on any atom is 0.261 e. The van der Waals surface area contributed by atoms with Crippen molar-refractivity contribution < 1.29 is 9.59 Å². The zero-order valence-electron chi connectivity index (χ0n) is 18.2. The number of nitrogens with zero attached hydrogens (tertiary/aromatic N) is 2. The zero-order valence-corrected chi connectivity index (χ0v) is 19.7. The average molecular weight is 481 g/mol. The summed E-state index contributed by atoms with van der Waals surface area (Å²) in [4.78, 5) is 26.4. The van der Waals surface area contributed by atoms with Crippen LogP contribution in [-0.2, 0) is 4.79 Å². The van der Waals surface area contributed by atoms with Gasteiger partial charge in [-0.1, -0.05) is 55.2 Å². The van der Waals surface area contributed by atoms with E-state index in [0.29, 0.717) is 45.5 Å². The first-order chi connectivity index (χ1) is 15.7. The summed E-state index contributed by atoms with van der Waals surface area (Å²) in [7, 11) is 0. The summed E-state index contributed by atoms with van der Waals surface area (Å²) in [5, 5.41) is 11.9. The average Bonchev–Trinajstić information content (AvgIpc) is 3.17. The Kier molecular flexibility index (Phi) is 5.30. The van der Waals surface area contributed by atoms with Crippen molar-refractivity contribution in [2.45, 2.75) is 32.7 Å². The van der Waals surface area contributed by atoms with Crippen LogP contribution in [0, 0.1) is 5.41 Å². The fourth-order valence-corrected chi connectivity index (χ4v) is 4.96. The topological polar surface area (TPSA) is 76.0 Å². The van der Waals surface area contributed by atoms with Crippen LogP contribution in [0.15, 0.2) is 66.0 Å². The van der Waals surface area contributed by atoms with E-state index in [9.17, 15) is 9.59 Å². The van der Waals surface area contributed by atoms with Crippen molar-refractivity contribution in [3.8, 4) is 0 Å². The Labute approximate surface area is 201 Å². The van der Waals surface area contributed by atoms with Crippen LogP contribution in [0.4, 0.5) is 11.5 Å². The van der Waals surface area contributed by atoms with Crippen molar-refractivity contribution in [2.24, 2.45) is 5.41 Å². The molecule has 0 spiro atoms. The van der Waals surface area contributed by atoms with Crippen LogP contribution in [0.2, 0.25) is 10.0 Å². The molecule has 1 aliphatic heterocycles. The predicted molar refractivity (Wildman–Crippen MR) is 130 cm³/mol. The van der Waals surface area contributed by atoms with Crippen molar-refractivity contribution in [1.29, 1.82) is 0 Å². The van der Waals surface area contributed by atoms with E-state index < -0.39 is 6.04 Å². The Morgan fingerprint density at radius 1 is 1.12 bits per heavy atom. The summed E-state index contributed by atoms with van der Waals surface area (Å²) in [6.07, 6.45) is 2.64. The van der Waals surface area contributed by atoms with Gasteiger partial charge >= 0.3 is 0 Å². The van der Waals surface area contributed by atoms with Crippen LogP contribution in [0.25, 0.3) is 0 Å². The molecular formula is C25H22Cl2N4O2. The number of anilines is 2. The zero-order chi connectivity index (χ0) is 23.3. The largest absolute Gasteiger partial charge is 0.343 e. The SMILES string of the molecule is CC1(C)CC(=O)C2=C(C1)Nc1c(C(=O)Nc3ccc(Cl)cc3)cnn1[C@@H]2c1ccccc1Cl. The lowest BCUT2D eigenvalue weighted by atomic mass is 9.73. The van der Waals surface area contributed by atoms with E-state index in [4.69, 9.17) is 23.2 Å². The molecule has 168 valence electrons. The number of amides is 1. The Bertz CT molecular complexity index is 1310. The van der Waals surface area contributed by atoms with Crippen molar-refractivity contribution in [1.82, 2.24) is 9.78 Å². The highest BCUT2D eigenvalue weighted by Crippen LogP contribution is 2.47. The van der Waals surface area contributed by atoms with Crippen molar-refractivity contribution in [3.05, 3.63) is 87.2 Å². The third kappa shape index (κ3) is 3.94. The number of Topliss-reactive ketones (excluding diaryl/α,β-unsaturated/α-hetero) is 1. The van der Waals surface area contributed by atoms with Crippen LogP contribution in [0.5, 0.6) is 0 Å². The van der Waals surface area contributed by atoms with Gasteiger partial charge in [0.2, 0.25) is 0 Å². The lowest BCUT2D eigenvalue weighted by Gasteiger charge is -2.39. The lowest BCUT2D eigenvalue weighted by Crippen LogP contribution is -2.37. The van der Waals surface area contributed by atoms with Gasteiger partial charge in [0.15, 0.2) is 5.78 Å². The first kappa shape index (κ1) is 21.7. The third-order valence-electron chi connectivity index (χ3n) is 6.05. The monoisotopic (exact) mass is 480 g/mol. The molecule has 6 nitrogen and oxygen atoms in total. The molecular weight excluding hydrogens is 459 g/mol. The standard InChI is InChI=1S/C25H22Cl2N4O2/c1-25(2)11-19-21(20(32)12-25)22(16-5-3-4-6-18(16)27)31-23(30-19)17(13-28-31)24(33)29-15-9-7-14(26)8-10-15/h3-10,13,22,30H,11-12H2,1-2H3,(H,29,33)/t22-/m1/s1. The maximum absolute atomic E-state index is 13.3. The molecule has 2 N–H and O–H groups in total. The molecule has 2 heterocycles. The Balaban J connectivity index is 1.60. The minimum atomic E-state index is -0.509. The molecule has 0 bridgehead atoms. The highest BCUT2D eigenvalue weighted by molar-refractivity contribution is 6.31. The summed E-state index contributed by atoms with van der Waals surface area (Å²) in [6.45, 7) is 4.14. The minimum absolute atomic E-state index is 0.0620. The molecule has 0 unspecified atom stereocenters. The number of aromatic nitrogens is 2. The first-order valence-electron chi connectivity index (χ1n) is 10.7. The summed E-state index contributed by atoms with van der Waals surface area (Å²) in [5.41, 5.74) is 3.05. The van der Waals surface area contributed by atoms with Gasteiger partial charge in [-0.3, -0.25) is 9.59 Å². The number of fused-ring (bicyclic) bond motifs is 1. The van der Waals surface area contributed by atoms with E-state index in [1.807, 2.05) is 18.2 Å². The second-order valence-electron chi connectivity index (χ2n) is 9.19. The molecule has 2 aromatic carbocycles. The molecule has 0 saturated heterocycles. The summed E-state index contributed by atoms with van der Waals surface area (Å²) in [6, 6.07) is 13.8. The van der Waals surface area contributed by atoms with Gasteiger partial charge in [-0.25, -0.2) is 4.68 Å². The highest BCUT2D eigenvalue weighted by atomic mass is 35.5. The van der Waals surface area contributed by atoms with Crippen molar-refractivity contribution in [2.75, 3.05) is 10.6 Å². The second-order valence-corrected chi connectivity index (χ2v) is 10.0.